The number of thiophene rings is 1. The number of rotatable bonds is 2. The van der Waals surface area contributed by atoms with E-state index in [1.165, 1.54) is 69.9 Å². The van der Waals surface area contributed by atoms with Crippen LogP contribution < -0.4 is 0 Å². The summed E-state index contributed by atoms with van der Waals surface area (Å²) >= 11 is 1.86. The third-order valence-electron chi connectivity index (χ3n) is 7.59. The lowest BCUT2D eigenvalue weighted by atomic mass is 10.0. The van der Waals surface area contributed by atoms with Crippen molar-refractivity contribution in [2.24, 2.45) is 0 Å². The molecule has 0 aliphatic heterocycles. The van der Waals surface area contributed by atoms with Crippen LogP contribution in [0.15, 0.2) is 140 Å². The lowest BCUT2D eigenvalue weighted by Crippen LogP contribution is -1.97. The summed E-state index contributed by atoms with van der Waals surface area (Å²) in [6.07, 6.45) is 0. The Kier molecular flexibility index (Phi) is 18.4. The molecule has 0 aliphatic rings. The van der Waals surface area contributed by atoms with Crippen LogP contribution in [0.5, 0.6) is 0 Å². The second-order valence-corrected chi connectivity index (χ2v) is 11.4. The molecule has 0 saturated carbocycles. The van der Waals surface area contributed by atoms with Crippen molar-refractivity contribution >= 4 is 53.3 Å². The minimum atomic E-state index is 1.22. The van der Waals surface area contributed by atoms with Gasteiger partial charge in [0.05, 0.1) is 16.7 Å². The smallest absolute Gasteiger partial charge is 0.0541 e. The normalized spacial score (nSPS) is 9.60. The number of fused-ring (bicyclic) bond motifs is 6. The van der Waals surface area contributed by atoms with Gasteiger partial charge in [-0.1, -0.05) is 177 Å². The summed E-state index contributed by atoms with van der Waals surface area (Å²) in [5.74, 6) is 0. The fraction of sp³-hybridized carbons (Fsp3) is 0.250. The summed E-state index contributed by atoms with van der Waals surface area (Å²) in [5.41, 5.74) is 8.80. The fourth-order valence-electron chi connectivity index (χ4n) is 5.72. The van der Waals surface area contributed by atoms with Crippen LogP contribution in [0.25, 0.3) is 58.8 Å². The molecule has 0 fully saturated rings. The number of hydrogen-bond donors (Lipinski definition) is 0. The zero-order chi connectivity index (χ0) is 37.1. The molecule has 262 valence electrons. The SMILES string of the molecule is CC.CC.CC.CC.CC.Cc1ccc2c(c1)c1cc(C)ccc1n2-c1ccccc1-c1ccccc1.c1ccc2c(c1)sc1ccccc12. The molecule has 0 amide bonds. The van der Waals surface area contributed by atoms with Gasteiger partial charge < -0.3 is 4.57 Å². The molecule has 6 aromatic carbocycles. The zero-order valence-electron chi connectivity index (χ0n) is 32.6. The summed E-state index contributed by atoms with van der Waals surface area (Å²) in [6.45, 7) is 24.3. The summed E-state index contributed by atoms with van der Waals surface area (Å²) < 4.78 is 5.17. The topological polar surface area (TPSA) is 4.93 Å². The highest BCUT2D eigenvalue weighted by atomic mass is 32.1. The van der Waals surface area contributed by atoms with Crippen LogP contribution in [0, 0.1) is 13.8 Å². The van der Waals surface area contributed by atoms with Crippen molar-refractivity contribution in [1.29, 1.82) is 0 Å². The molecule has 0 saturated heterocycles. The molecule has 8 rings (SSSR count). The van der Waals surface area contributed by atoms with Crippen LogP contribution in [-0.4, -0.2) is 4.57 Å². The second kappa shape index (κ2) is 22.1. The van der Waals surface area contributed by atoms with Crippen molar-refractivity contribution in [2.75, 3.05) is 0 Å². The summed E-state index contributed by atoms with van der Waals surface area (Å²) in [6, 6.07) is 50.0. The first-order valence-corrected chi connectivity index (χ1v) is 19.5. The third kappa shape index (κ3) is 9.52. The van der Waals surface area contributed by atoms with E-state index in [4.69, 9.17) is 0 Å². The van der Waals surface area contributed by atoms with E-state index in [9.17, 15) is 0 Å². The first kappa shape index (κ1) is 41.5. The third-order valence-corrected chi connectivity index (χ3v) is 8.74. The van der Waals surface area contributed by atoms with Gasteiger partial charge in [-0.05, 0) is 61.9 Å². The molecule has 0 N–H and O–H groups in total. The Morgan fingerprint density at radius 3 is 1.26 bits per heavy atom. The largest absolute Gasteiger partial charge is 0.309 e. The first-order valence-electron chi connectivity index (χ1n) is 18.7. The molecule has 50 heavy (non-hydrogen) atoms. The summed E-state index contributed by atoms with van der Waals surface area (Å²) in [5, 5.41) is 5.39. The van der Waals surface area contributed by atoms with Crippen LogP contribution >= 0.6 is 11.3 Å². The highest BCUT2D eigenvalue weighted by Crippen LogP contribution is 2.37. The van der Waals surface area contributed by atoms with E-state index in [2.05, 4.69) is 158 Å². The Morgan fingerprint density at radius 1 is 0.380 bits per heavy atom. The standard InChI is InChI=1S/C26H21N.C12H8S.5C2H6/c1-18-12-14-25-22(16-18)23-17-19(2)13-15-26(23)27(25)24-11-7-6-10-21(24)20-8-4-3-5-9-20;1-3-7-11-9(5-1)10-6-2-4-8-12(10)13-11;5*1-2/h3-17H,1-2H3;1-8H;5*1-2H3. The van der Waals surface area contributed by atoms with Gasteiger partial charge in [-0.3, -0.25) is 0 Å². The van der Waals surface area contributed by atoms with E-state index >= 15 is 0 Å². The molecule has 0 radical (unpaired) electrons. The van der Waals surface area contributed by atoms with Crippen LogP contribution in [0.4, 0.5) is 0 Å². The maximum Gasteiger partial charge on any atom is 0.0541 e. The zero-order valence-corrected chi connectivity index (χ0v) is 33.5. The molecule has 2 heteroatoms. The summed E-state index contributed by atoms with van der Waals surface area (Å²) in [7, 11) is 0. The van der Waals surface area contributed by atoms with E-state index < -0.39 is 0 Å². The van der Waals surface area contributed by atoms with Crippen LogP contribution in [0.1, 0.15) is 80.4 Å². The van der Waals surface area contributed by atoms with Gasteiger partial charge in [0.25, 0.3) is 0 Å². The van der Waals surface area contributed by atoms with Gasteiger partial charge in [0.2, 0.25) is 0 Å². The van der Waals surface area contributed by atoms with Gasteiger partial charge >= 0.3 is 0 Å². The first-order chi connectivity index (χ1) is 24.7. The quantitative estimate of drug-likeness (QED) is 0.171. The van der Waals surface area contributed by atoms with Crippen molar-refractivity contribution < 1.29 is 0 Å². The monoisotopic (exact) mass is 681 g/mol. The van der Waals surface area contributed by atoms with Crippen molar-refractivity contribution in [3.63, 3.8) is 0 Å². The Labute approximate surface area is 307 Å². The van der Waals surface area contributed by atoms with Gasteiger partial charge in [0, 0.05) is 36.5 Å². The molecular weight excluding hydrogens is 623 g/mol. The molecule has 8 aromatic rings. The molecule has 2 heterocycles. The van der Waals surface area contributed by atoms with E-state index in [1.807, 2.05) is 80.6 Å². The van der Waals surface area contributed by atoms with Gasteiger partial charge in [0.15, 0.2) is 0 Å². The maximum atomic E-state index is 2.41. The lowest BCUT2D eigenvalue weighted by molar-refractivity contribution is 1.18. The molecule has 0 bridgehead atoms. The Hall–Kier alpha value is -4.66. The molecule has 1 nitrogen and oxygen atoms in total. The Bertz CT molecular complexity index is 2020. The van der Waals surface area contributed by atoms with Crippen LogP contribution in [-0.2, 0) is 0 Å². The Morgan fingerprint density at radius 2 is 0.780 bits per heavy atom. The van der Waals surface area contributed by atoms with Gasteiger partial charge in [-0.15, -0.1) is 11.3 Å². The minimum absolute atomic E-state index is 1.22. The van der Waals surface area contributed by atoms with E-state index in [1.54, 1.807) is 0 Å². The molecule has 0 unspecified atom stereocenters. The van der Waals surface area contributed by atoms with Crippen LogP contribution in [0.2, 0.25) is 0 Å². The molecular formula is C48H59NS. The average Bonchev–Trinajstić information content (AvgIpc) is 3.74. The van der Waals surface area contributed by atoms with Crippen molar-refractivity contribution in [2.45, 2.75) is 83.1 Å². The van der Waals surface area contributed by atoms with Gasteiger partial charge in [-0.25, -0.2) is 0 Å². The van der Waals surface area contributed by atoms with Gasteiger partial charge in [-0.2, -0.15) is 0 Å². The maximum absolute atomic E-state index is 2.41. The Balaban J connectivity index is 0.000000316. The minimum Gasteiger partial charge on any atom is -0.309 e. The number of hydrogen-bond acceptors (Lipinski definition) is 1. The predicted octanol–water partition coefficient (Wildman–Crippen LogP) is 16.3. The van der Waals surface area contributed by atoms with Crippen molar-refractivity contribution in [3.8, 4) is 16.8 Å². The number of benzene rings is 6. The number of nitrogens with zero attached hydrogens (tertiary/aromatic N) is 1. The predicted molar refractivity (Wildman–Crippen MR) is 232 cm³/mol. The molecule has 0 atom stereocenters. The van der Waals surface area contributed by atoms with E-state index in [0.29, 0.717) is 0 Å². The number of aryl methyl sites for hydroxylation is 2. The second-order valence-electron chi connectivity index (χ2n) is 10.4. The van der Waals surface area contributed by atoms with Crippen molar-refractivity contribution in [1.82, 2.24) is 4.57 Å². The highest BCUT2D eigenvalue weighted by Gasteiger charge is 2.15. The molecule has 2 aromatic heterocycles. The number of para-hydroxylation sites is 1. The highest BCUT2D eigenvalue weighted by molar-refractivity contribution is 7.25. The lowest BCUT2D eigenvalue weighted by Gasteiger charge is -2.14. The van der Waals surface area contributed by atoms with E-state index in [-0.39, 0.29) is 0 Å². The van der Waals surface area contributed by atoms with Crippen LogP contribution in [0.3, 0.4) is 0 Å². The fourth-order valence-corrected chi connectivity index (χ4v) is 6.82. The number of aromatic nitrogens is 1. The van der Waals surface area contributed by atoms with E-state index in [0.717, 1.165) is 0 Å². The molecule has 0 spiro atoms. The molecule has 0 aliphatic carbocycles. The van der Waals surface area contributed by atoms with Crippen molar-refractivity contribution in [3.05, 3.63) is 151 Å². The average molecular weight is 682 g/mol. The van der Waals surface area contributed by atoms with Gasteiger partial charge in [0.1, 0.15) is 0 Å². The summed E-state index contributed by atoms with van der Waals surface area (Å²) in [4.78, 5) is 0.